The van der Waals surface area contributed by atoms with Crippen LogP contribution in [-0.4, -0.2) is 28.6 Å². The number of rotatable bonds is 5. The summed E-state index contributed by atoms with van der Waals surface area (Å²) in [4.78, 5) is 45.5. The van der Waals surface area contributed by atoms with E-state index in [1.54, 1.807) is 6.92 Å². The molecule has 2 aromatic rings. The van der Waals surface area contributed by atoms with Gasteiger partial charge in [0, 0.05) is 36.8 Å². The molecule has 8 atom stereocenters. The minimum atomic E-state index is -0.694. The van der Waals surface area contributed by atoms with Gasteiger partial charge in [0.1, 0.15) is 11.9 Å². The largest absolute Gasteiger partial charge is 0.462 e. The molecule has 5 aliphatic rings. The zero-order chi connectivity index (χ0) is 33.7. The lowest BCUT2D eigenvalue weighted by molar-refractivity contribution is -0.232. The third kappa shape index (κ3) is 4.53. The van der Waals surface area contributed by atoms with Crippen LogP contribution in [0.5, 0.6) is 0 Å². The van der Waals surface area contributed by atoms with Crippen molar-refractivity contribution in [3.05, 3.63) is 53.2 Å². The van der Waals surface area contributed by atoms with Gasteiger partial charge in [0.25, 0.3) is 0 Å². The van der Waals surface area contributed by atoms with Crippen LogP contribution >= 0.6 is 0 Å². The minimum Gasteiger partial charge on any atom is -0.462 e. The number of ether oxygens (including phenoxy) is 1. The number of para-hydroxylation sites is 1. The van der Waals surface area contributed by atoms with Gasteiger partial charge in [-0.2, -0.15) is 0 Å². The predicted octanol–water partition coefficient (Wildman–Crippen LogP) is 9.26. The Kier molecular flexibility index (Phi) is 7.55. The van der Waals surface area contributed by atoms with Gasteiger partial charge in [0.2, 0.25) is 0 Å². The standard InChI is InChI=1S/C42H55NO4/c1-25(2)36-31(45)23-42(34(46)22-27-21-28-11-9-10-12-30(28)43-24-27)20-19-40(7)29(37(36)42)13-14-33-39(6)17-16-35(47-26(3)44)38(4,5)32(39)15-18-41(33,40)8/h9-12,21,24-25,29,32-33,35H,13-20,22-23H2,1-8H3/t29-,32+,33-,35+,39+,40-,41-,42+/m1/s1. The van der Waals surface area contributed by atoms with Crippen LogP contribution in [0.3, 0.4) is 0 Å². The second-order valence-electron chi connectivity index (χ2n) is 17.9. The van der Waals surface area contributed by atoms with E-state index in [9.17, 15) is 14.4 Å². The van der Waals surface area contributed by atoms with E-state index in [4.69, 9.17) is 4.74 Å². The molecule has 0 bridgehead atoms. The molecular formula is C42H55NO4. The van der Waals surface area contributed by atoms with Gasteiger partial charge in [-0.3, -0.25) is 19.4 Å². The van der Waals surface area contributed by atoms with Crippen molar-refractivity contribution in [3.63, 3.8) is 0 Å². The number of ketones is 2. The number of allylic oxidation sites excluding steroid dienone is 2. The molecule has 0 aliphatic heterocycles. The summed E-state index contributed by atoms with van der Waals surface area (Å²) in [5, 5.41) is 1.05. The number of carbonyl (C=O) groups is 3. The highest BCUT2D eigenvalue weighted by molar-refractivity contribution is 6.07. The average molecular weight is 638 g/mol. The van der Waals surface area contributed by atoms with E-state index >= 15 is 0 Å². The number of esters is 1. The molecule has 1 heterocycles. The Labute approximate surface area is 281 Å². The molecule has 4 saturated carbocycles. The summed E-state index contributed by atoms with van der Waals surface area (Å²) < 4.78 is 5.94. The number of hydrogen-bond acceptors (Lipinski definition) is 5. The van der Waals surface area contributed by atoms with Gasteiger partial charge in [-0.1, -0.05) is 66.7 Å². The quantitative estimate of drug-likeness (QED) is 0.306. The first kappa shape index (κ1) is 32.7. The molecule has 7 rings (SSSR count). The number of aromatic nitrogens is 1. The maximum atomic E-state index is 14.7. The molecule has 0 unspecified atom stereocenters. The molecule has 1 aromatic carbocycles. The third-order valence-electron chi connectivity index (χ3n) is 15.2. The van der Waals surface area contributed by atoms with Crippen LogP contribution in [0.15, 0.2) is 47.7 Å². The molecule has 252 valence electrons. The van der Waals surface area contributed by atoms with Gasteiger partial charge in [-0.15, -0.1) is 0 Å². The van der Waals surface area contributed by atoms with Crippen LogP contribution in [0.25, 0.3) is 10.9 Å². The predicted molar refractivity (Wildman–Crippen MR) is 185 cm³/mol. The zero-order valence-electron chi connectivity index (χ0n) is 30.0. The fourth-order valence-electron chi connectivity index (χ4n) is 12.9. The smallest absolute Gasteiger partial charge is 0.302 e. The summed E-state index contributed by atoms with van der Waals surface area (Å²) in [6.45, 7) is 18.2. The lowest BCUT2D eigenvalue weighted by atomic mass is 9.33. The topological polar surface area (TPSA) is 73.3 Å². The monoisotopic (exact) mass is 637 g/mol. The Morgan fingerprint density at radius 3 is 2.38 bits per heavy atom. The van der Waals surface area contributed by atoms with E-state index in [2.05, 4.69) is 65.6 Å². The number of carbonyl (C=O) groups excluding carboxylic acids is 3. The lowest BCUT2D eigenvalue weighted by Crippen LogP contribution is -2.66. The van der Waals surface area contributed by atoms with Gasteiger partial charge >= 0.3 is 5.97 Å². The van der Waals surface area contributed by atoms with Gasteiger partial charge in [0.15, 0.2) is 5.78 Å². The molecule has 0 spiro atoms. The molecule has 5 aliphatic carbocycles. The van der Waals surface area contributed by atoms with Gasteiger partial charge in [-0.05, 0) is 120 Å². The van der Waals surface area contributed by atoms with Crippen molar-refractivity contribution >= 4 is 28.4 Å². The van der Waals surface area contributed by atoms with Gasteiger partial charge in [-0.25, -0.2) is 0 Å². The molecule has 0 amide bonds. The summed E-state index contributed by atoms with van der Waals surface area (Å²) in [7, 11) is 0. The van der Waals surface area contributed by atoms with Crippen molar-refractivity contribution in [3.8, 4) is 0 Å². The van der Waals surface area contributed by atoms with E-state index in [1.807, 2.05) is 24.4 Å². The van der Waals surface area contributed by atoms with Crippen molar-refractivity contribution < 1.29 is 19.1 Å². The Balaban J connectivity index is 1.25. The Morgan fingerprint density at radius 1 is 0.915 bits per heavy atom. The highest BCUT2D eigenvalue weighted by Crippen LogP contribution is 2.76. The molecule has 47 heavy (non-hydrogen) atoms. The van der Waals surface area contributed by atoms with Crippen LogP contribution in [-0.2, 0) is 25.5 Å². The van der Waals surface area contributed by atoms with Crippen LogP contribution in [0.4, 0.5) is 0 Å². The number of Topliss-reactive ketones (excluding diaryl/α,β-unsaturated/α-hetero) is 2. The summed E-state index contributed by atoms with van der Waals surface area (Å²) in [6, 6.07) is 10.2. The Hall–Kier alpha value is -2.82. The van der Waals surface area contributed by atoms with Crippen LogP contribution in [0, 0.1) is 50.7 Å². The highest BCUT2D eigenvalue weighted by atomic mass is 16.5. The lowest BCUT2D eigenvalue weighted by Gasteiger charge is -2.72. The summed E-state index contributed by atoms with van der Waals surface area (Å²) >= 11 is 0. The molecule has 0 radical (unpaired) electrons. The second-order valence-corrected chi connectivity index (χ2v) is 17.9. The van der Waals surface area contributed by atoms with Crippen LogP contribution in [0.1, 0.15) is 119 Å². The summed E-state index contributed by atoms with van der Waals surface area (Å²) in [6.07, 6.45) is 10.7. The number of nitrogens with zero attached hydrogens (tertiary/aromatic N) is 1. The maximum Gasteiger partial charge on any atom is 0.302 e. The Bertz CT molecular complexity index is 1690. The van der Waals surface area contributed by atoms with E-state index in [-0.39, 0.29) is 57.1 Å². The fourth-order valence-corrected chi connectivity index (χ4v) is 12.9. The number of hydrogen-bond donors (Lipinski definition) is 0. The molecule has 0 saturated heterocycles. The van der Waals surface area contributed by atoms with E-state index in [1.165, 1.54) is 5.57 Å². The van der Waals surface area contributed by atoms with Gasteiger partial charge < -0.3 is 4.74 Å². The van der Waals surface area contributed by atoms with E-state index in [0.717, 1.165) is 73.4 Å². The normalized spacial score (nSPS) is 39.2. The first-order valence-corrected chi connectivity index (χ1v) is 18.4. The summed E-state index contributed by atoms with van der Waals surface area (Å²) in [5.41, 5.74) is 3.58. The Morgan fingerprint density at radius 2 is 1.66 bits per heavy atom. The van der Waals surface area contributed by atoms with Crippen molar-refractivity contribution in [2.24, 2.45) is 50.7 Å². The van der Waals surface area contributed by atoms with E-state index < -0.39 is 5.41 Å². The molecule has 0 N–H and O–H groups in total. The third-order valence-corrected chi connectivity index (χ3v) is 15.2. The highest BCUT2D eigenvalue weighted by Gasteiger charge is 2.70. The summed E-state index contributed by atoms with van der Waals surface area (Å²) in [5.74, 6) is 1.64. The average Bonchev–Trinajstić information content (AvgIpc) is 3.32. The number of fused-ring (bicyclic) bond motifs is 8. The van der Waals surface area contributed by atoms with E-state index in [0.29, 0.717) is 24.7 Å². The molecule has 1 aromatic heterocycles. The zero-order valence-corrected chi connectivity index (χ0v) is 30.0. The first-order chi connectivity index (χ1) is 22.1. The van der Waals surface area contributed by atoms with Crippen LogP contribution < -0.4 is 0 Å². The molecular weight excluding hydrogens is 582 g/mol. The van der Waals surface area contributed by atoms with Crippen LogP contribution in [0.2, 0.25) is 0 Å². The molecule has 5 nitrogen and oxygen atoms in total. The van der Waals surface area contributed by atoms with Crippen molar-refractivity contribution in [2.75, 3.05) is 0 Å². The maximum absolute atomic E-state index is 14.7. The first-order valence-electron chi connectivity index (χ1n) is 18.4. The second kappa shape index (κ2) is 10.8. The van der Waals surface area contributed by atoms with Gasteiger partial charge in [0.05, 0.1) is 10.9 Å². The number of pyridine rings is 1. The fraction of sp³-hybridized carbons (Fsp3) is 0.667. The van der Waals surface area contributed by atoms with Crippen molar-refractivity contribution in [1.29, 1.82) is 0 Å². The molecule has 5 heteroatoms. The number of benzene rings is 1. The minimum absolute atomic E-state index is 0.00908. The molecule has 4 fully saturated rings. The SMILES string of the molecule is CC(=O)O[C@H]1CC[C@]2(C)[C@H]3CC[C@@H]4C5=C(C(C)C)C(=O)C[C@]5(C(=O)Cc5cnc6ccccc6c5)CC[C@@]4(C)[C@]3(C)CC[C@H]2C1(C)C. The van der Waals surface area contributed by atoms with Crippen molar-refractivity contribution in [1.82, 2.24) is 4.98 Å². The van der Waals surface area contributed by atoms with Crippen molar-refractivity contribution in [2.45, 2.75) is 126 Å².